The van der Waals surface area contributed by atoms with Gasteiger partial charge in [-0.15, -0.1) is 0 Å². The van der Waals surface area contributed by atoms with E-state index in [-0.39, 0.29) is 11.4 Å². The molecular weight excluding hydrogens is 367 g/mol. The van der Waals surface area contributed by atoms with E-state index in [9.17, 15) is 14.4 Å². The fourth-order valence-electron chi connectivity index (χ4n) is 2.41. The van der Waals surface area contributed by atoms with Gasteiger partial charge in [-0.3, -0.25) is 4.79 Å². The third kappa shape index (κ3) is 4.43. The molecule has 3 rings (SSSR count). The van der Waals surface area contributed by atoms with E-state index in [4.69, 9.17) is 16.0 Å². The molecule has 0 fully saturated rings. The fourth-order valence-corrected chi connectivity index (χ4v) is 2.54. The molecule has 2 aromatic carbocycles. The smallest absolute Gasteiger partial charge is 0.266 e. The minimum absolute atomic E-state index is 0.131. The molecule has 6 heteroatoms. The van der Waals surface area contributed by atoms with Crippen molar-refractivity contribution in [2.75, 3.05) is 5.32 Å². The van der Waals surface area contributed by atoms with Crippen molar-refractivity contribution in [2.24, 2.45) is 0 Å². The summed E-state index contributed by atoms with van der Waals surface area (Å²) in [6.07, 6.45) is 1.35. The lowest BCUT2D eigenvalue weighted by molar-refractivity contribution is -0.112. The highest BCUT2D eigenvalue weighted by Crippen LogP contribution is 2.25. The van der Waals surface area contributed by atoms with Crippen LogP contribution in [-0.2, 0) is 4.79 Å². The first-order chi connectivity index (χ1) is 13.0. The predicted molar refractivity (Wildman–Crippen MR) is 103 cm³/mol. The summed E-state index contributed by atoms with van der Waals surface area (Å²) in [7, 11) is 0. The van der Waals surface area contributed by atoms with E-state index < -0.39 is 5.91 Å². The minimum atomic E-state index is -0.604. The SMILES string of the molecule is Cc1cc(NC(=O)/C(C#N)=C/c2ccc(-c3ccc(Cl)cc3)o2)ccc1F. The Morgan fingerprint density at radius 1 is 1.19 bits per heavy atom. The van der Waals surface area contributed by atoms with Crippen LogP contribution in [0.15, 0.2) is 64.6 Å². The first-order valence-electron chi connectivity index (χ1n) is 8.01. The Morgan fingerprint density at radius 2 is 1.93 bits per heavy atom. The molecule has 27 heavy (non-hydrogen) atoms. The number of anilines is 1. The number of amides is 1. The molecule has 0 atom stereocenters. The Bertz CT molecular complexity index is 1060. The average Bonchev–Trinajstić information content (AvgIpc) is 3.12. The van der Waals surface area contributed by atoms with Crippen molar-refractivity contribution in [3.63, 3.8) is 0 Å². The lowest BCUT2D eigenvalue weighted by Gasteiger charge is -2.05. The number of hydrogen-bond donors (Lipinski definition) is 1. The van der Waals surface area contributed by atoms with Gasteiger partial charge in [-0.2, -0.15) is 5.26 Å². The van der Waals surface area contributed by atoms with Crippen molar-refractivity contribution >= 4 is 29.3 Å². The predicted octanol–water partition coefficient (Wildman–Crippen LogP) is 5.59. The van der Waals surface area contributed by atoms with Gasteiger partial charge in [-0.25, -0.2) is 4.39 Å². The number of aryl methyl sites for hydroxylation is 1. The largest absolute Gasteiger partial charge is 0.457 e. The Balaban J connectivity index is 1.79. The van der Waals surface area contributed by atoms with Crippen LogP contribution in [0.25, 0.3) is 17.4 Å². The minimum Gasteiger partial charge on any atom is -0.457 e. The summed E-state index contributed by atoms with van der Waals surface area (Å²) in [5.74, 6) is -0.0194. The van der Waals surface area contributed by atoms with Crippen molar-refractivity contribution in [3.05, 3.63) is 82.3 Å². The summed E-state index contributed by atoms with van der Waals surface area (Å²) < 4.78 is 19.0. The first kappa shape index (κ1) is 18.4. The number of hydrogen-bond acceptors (Lipinski definition) is 3. The maximum absolute atomic E-state index is 13.3. The maximum atomic E-state index is 13.3. The summed E-state index contributed by atoms with van der Waals surface area (Å²) in [6.45, 7) is 1.59. The van der Waals surface area contributed by atoms with Crippen molar-refractivity contribution in [3.8, 4) is 17.4 Å². The molecular formula is C21H14ClFN2O2. The van der Waals surface area contributed by atoms with Crippen LogP contribution in [0, 0.1) is 24.1 Å². The van der Waals surface area contributed by atoms with Crippen molar-refractivity contribution in [1.82, 2.24) is 0 Å². The number of halogens is 2. The van der Waals surface area contributed by atoms with Gasteiger partial charge in [0.2, 0.25) is 0 Å². The van der Waals surface area contributed by atoms with Gasteiger partial charge in [-0.1, -0.05) is 11.6 Å². The standard InChI is InChI=1S/C21H14ClFN2O2/c1-13-10-17(6-8-19(13)23)25-21(26)15(12-24)11-18-7-9-20(27-18)14-2-4-16(22)5-3-14/h2-11H,1H3,(H,25,26)/b15-11+. The van der Waals surface area contributed by atoms with Crippen LogP contribution in [0.4, 0.5) is 10.1 Å². The lowest BCUT2D eigenvalue weighted by atomic mass is 10.2. The van der Waals surface area contributed by atoms with Crippen LogP contribution in [-0.4, -0.2) is 5.91 Å². The second-order valence-electron chi connectivity index (χ2n) is 5.80. The maximum Gasteiger partial charge on any atom is 0.266 e. The van der Waals surface area contributed by atoms with Gasteiger partial charge in [0.15, 0.2) is 0 Å². The third-order valence-electron chi connectivity index (χ3n) is 3.82. The van der Waals surface area contributed by atoms with Crippen molar-refractivity contribution < 1.29 is 13.6 Å². The van der Waals surface area contributed by atoms with E-state index in [1.165, 1.54) is 24.3 Å². The van der Waals surface area contributed by atoms with Gasteiger partial charge >= 0.3 is 0 Å². The highest BCUT2D eigenvalue weighted by atomic mass is 35.5. The number of furan rings is 1. The van der Waals surface area contributed by atoms with E-state index in [1.54, 1.807) is 31.2 Å². The topological polar surface area (TPSA) is 66.0 Å². The Kier molecular flexibility index (Phi) is 5.39. The molecule has 4 nitrogen and oxygen atoms in total. The van der Waals surface area contributed by atoms with Crippen LogP contribution >= 0.6 is 11.6 Å². The van der Waals surface area contributed by atoms with Crippen molar-refractivity contribution in [1.29, 1.82) is 5.26 Å². The molecule has 0 saturated carbocycles. The monoisotopic (exact) mass is 380 g/mol. The first-order valence-corrected chi connectivity index (χ1v) is 8.39. The molecule has 0 aliphatic carbocycles. The highest BCUT2D eigenvalue weighted by Gasteiger charge is 2.12. The molecule has 1 heterocycles. The van der Waals surface area contributed by atoms with Crippen LogP contribution in [0.5, 0.6) is 0 Å². The molecule has 1 aromatic heterocycles. The summed E-state index contributed by atoms with van der Waals surface area (Å²) in [5, 5.41) is 12.5. The second kappa shape index (κ2) is 7.90. The normalized spacial score (nSPS) is 11.1. The molecule has 1 amide bonds. The quantitative estimate of drug-likeness (QED) is 0.473. The Hall–Kier alpha value is -3.36. The number of nitrogens with one attached hydrogen (secondary N) is 1. The number of carbonyl (C=O) groups is 1. The van der Waals surface area contributed by atoms with Crippen LogP contribution in [0.1, 0.15) is 11.3 Å². The zero-order chi connectivity index (χ0) is 19.4. The van der Waals surface area contributed by atoms with Gasteiger partial charge in [0.25, 0.3) is 5.91 Å². The number of nitriles is 1. The van der Waals surface area contributed by atoms with E-state index in [2.05, 4.69) is 5.32 Å². The van der Waals surface area contributed by atoms with E-state index >= 15 is 0 Å². The summed E-state index contributed by atoms with van der Waals surface area (Å²) in [4.78, 5) is 12.3. The molecule has 0 bridgehead atoms. The van der Waals surface area contributed by atoms with Gasteiger partial charge in [0, 0.05) is 22.3 Å². The summed E-state index contributed by atoms with van der Waals surface area (Å²) in [6, 6.07) is 16.5. The summed E-state index contributed by atoms with van der Waals surface area (Å²) >= 11 is 5.87. The van der Waals surface area contributed by atoms with Crippen molar-refractivity contribution in [2.45, 2.75) is 6.92 Å². The van der Waals surface area contributed by atoms with Gasteiger partial charge < -0.3 is 9.73 Å². The summed E-state index contributed by atoms with van der Waals surface area (Å²) in [5.41, 5.74) is 1.49. The number of nitrogens with zero attached hydrogens (tertiary/aromatic N) is 1. The van der Waals surface area contributed by atoms with Gasteiger partial charge in [0.05, 0.1) is 0 Å². The Morgan fingerprint density at radius 3 is 2.59 bits per heavy atom. The average molecular weight is 381 g/mol. The van der Waals surface area contributed by atoms with Gasteiger partial charge in [-0.05, 0) is 67.1 Å². The third-order valence-corrected chi connectivity index (χ3v) is 4.07. The lowest BCUT2D eigenvalue weighted by Crippen LogP contribution is -2.13. The molecule has 0 saturated heterocycles. The molecule has 0 aliphatic rings. The van der Waals surface area contributed by atoms with E-state index in [0.717, 1.165) is 5.56 Å². The van der Waals surface area contributed by atoms with E-state index in [1.807, 2.05) is 18.2 Å². The Labute approximate surface area is 160 Å². The molecule has 3 aromatic rings. The van der Waals surface area contributed by atoms with Crippen LogP contribution < -0.4 is 5.32 Å². The highest BCUT2D eigenvalue weighted by molar-refractivity contribution is 6.30. The van der Waals surface area contributed by atoms with Crippen LogP contribution in [0.3, 0.4) is 0 Å². The molecule has 1 N–H and O–H groups in total. The number of benzene rings is 2. The fraction of sp³-hybridized carbons (Fsp3) is 0.0476. The number of carbonyl (C=O) groups excluding carboxylic acids is 1. The van der Waals surface area contributed by atoms with Crippen LogP contribution in [0.2, 0.25) is 5.02 Å². The van der Waals surface area contributed by atoms with Gasteiger partial charge in [0.1, 0.15) is 29.0 Å². The molecule has 134 valence electrons. The molecule has 0 unspecified atom stereocenters. The molecule has 0 spiro atoms. The zero-order valence-electron chi connectivity index (χ0n) is 14.3. The second-order valence-corrected chi connectivity index (χ2v) is 6.23. The zero-order valence-corrected chi connectivity index (χ0v) is 15.0. The van der Waals surface area contributed by atoms with E-state index in [0.29, 0.717) is 27.8 Å². The number of rotatable bonds is 4. The molecule has 0 radical (unpaired) electrons. The molecule has 0 aliphatic heterocycles.